The lowest BCUT2D eigenvalue weighted by Gasteiger charge is -1.99. The van der Waals surface area contributed by atoms with Crippen LogP contribution in [-0.2, 0) is 0 Å². The molecule has 0 saturated heterocycles. The van der Waals surface area contributed by atoms with Gasteiger partial charge in [0.05, 0.1) is 5.69 Å². The summed E-state index contributed by atoms with van der Waals surface area (Å²) < 4.78 is 28.1. The molecule has 3 rings (SSSR count). The van der Waals surface area contributed by atoms with Crippen molar-refractivity contribution in [1.82, 2.24) is 9.38 Å². The summed E-state index contributed by atoms with van der Waals surface area (Å²) in [5, 5.41) is 0. The van der Waals surface area contributed by atoms with Gasteiger partial charge in [-0.1, -0.05) is 12.1 Å². The fourth-order valence-electron chi connectivity index (χ4n) is 2.05. The molecule has 0 aliphatic rings. The molecule has 0 atom stereocenters. The molecule has 0 fully saturated rings. The van der Waals surface area contributed by atoms with Crippen LogP contribution in [0.4, 0.5) is 8.78 Å². The van der Waals surface area contributed by atoms with Gasteiger partial charge in [0.2, 0.25) is 0 Å². The summed E-state index contributed by atoms with van der Waals surface area (Å²) >= 11 is 0. The molecule has 0 saturated carbocycles. The van der Waals surface area contributed by atoms with Crippen molar-refractivity contribution in [2.45, 2.75) is 6.92 Å². The highest BCUT2D eigenvalue weighted by Gasteiger charge is 2.11. The number of benzene rings is 1. The molecule has 0 unspecified atom stereocenters. The molecule has 0 aliphatic heterocycles. The molecule has 0 N–H and O–H groups in total. The topological polar surface area (TPSA) is 17.3 Å². The minimum Gasteiger partial charge on any atom is -0.301 e. The van der Waals surface area contributed by atoms with Crippen LogP contribution in [0.1, 0.15) is 5.69 Å². The fourth-order valence-corrected chi connectivity index (χ4v) is 2.05. The Morgan fingerprint density at radius 1 is 1.06 bits per heavy atom. The van der Waals surface area contributed by atoms with Gasteiger partial charge in [-0.2, -0.15) is 0 Å². The molecule has 0 spiro atoms. The number of rotatable bonds is 1. The van der Waals surface area contributed by atoms with Gasteiger partial charge in [0.1, 0.15) is 17.3 Å². The van der Waals surface area contributed by atoms with E-state index in [0.717, 1.165) is 5.69 Å². The summed E-state index contributed by atoms with van der Waals surface area (Å²) in [4.78, 5) is 4.39. The van der Waals surface area contributed by atoms with Crippen molar-refractivity contribution >= 4 is 5.65 Å². The molecule has 0 bridgehead atoms. The van der Waals surface area contributed by atoms with E-state index in [9.17, 15) is 8.78 Å². The normalized spacial score (nSPS) is 11.1. The van der Waals surface area contributed by atoms with Gasteiger partial charge in [0.15, 0.2) is 0 Å². The number of aromatic nitrogens is 2. The number of pyridine rings is 1. The van der Waals surface area contributed by atoms with Crippen LogP contribution >= 0.6 is 0 Å². The highest BCUT2D eigenvalue weighted by Crippen LogP contribution is 2.24. The van der Waals surface area contributed by atoms with Gasteiger partial charge in [0.25, 0.3) is 0 Å². The van der Waals surface area contributed by atoms with Gasteiger partial charge in [-0.3, -0.25) is 0 Å². The maximum atomic E-state index is 13.2. The Morgan fingerprint density at radius 3 is 2.67 bits per heavy atom. The summed E-state index contributed by atoms with van der Waals surface area (Å²) in [5.41, 5.74) is 2.79. The maximum Gasteiger partial charge on any atom is 0.139 e. The molecule has 1 aromatic carbocycles. The summed E-state index contributed by atoms with van der Waals surface area (Å²) in [6.07, 6.45) is 1.38. The Hall–Kier alpha value is -2.23. The number of nitrogens with zero attached hydrogens (tertiary/aromatic N) is 2. The standard InChI is InChI=1S/C14H10F2N2/c1-9-14(10-3-2-4-11(15)7-10)17-13-6-5-12(16)8-18(9)13/h2-8H,1H3. The first-order valence-corrected chi connectivity index (χ1v) is 5.55. The first kappa shape index (κ1) is 10.9. The van der Waals surface area contributed by atoms with E-state index in [2.05, 4.69) is 4.98 Å². The van der Waals surface area contributed by atoms with Crippen molar-refractivity contribution < 1.29 is 8.78 Å². The molecule has 90 valence electrons. The molecule has 2 aromatic heterocycles. The molecular formula is C14H10F2N2. The van der Waals surface area contributed by atoms with E-state index < -0.39 is 0 Å². The molecule has 3 aromatic rings. The van der Waals surface area contributed by atoms with E-state index in [4.69, 9.17) is 0 Å². The van der Waals surface area contributed by atoms with Crippen molar-refractivity contribution in [3.8, 4) is 11.3 Å². The van der Waals surface area contributed by atoms with E-state index in [1.807, 2.05) is 6.92 Å². The monoisotopic (exact) mass is 244 g/mol. The zero-order valence-electron chi connectivity index (χ0n) is 9.69. The van der Waals surface area contributed by atoms with Gasteiger partial charge < -0.3 is 4.40 Å². The lowest BCUT2D eigenvalue weighted by molar-refractivity contribution is 0.618. The minimum atomic E-state index is -0.325. The second kappa shape index (κ2) is 3.91. The van der Waals surface area contributed by atoms with Crippen LogP contribution in [0, 0.1) is 18.6 Å². The van der Waals surface area contributed by atoms with E-state index in [1.165, 1.54) is 24.4 Å². The van der Waals surface area contributed by atoms with Gasteiger partial charge in [0, 0.05) is 17.5 Å². The summed E-state index contributed by atoms with van der Waals surface area (Å²) in [6.45, 7) is 1.83. The average molecular weight is 244 g/mol. The second-order valence-electron chi connectivity index (χ2n) is 4.13. The first-order valence-electron chi connectivity index (χ1n) is 5.55. The Morgan fingerprint density at radius 2 is 1.89 bits per heavy atom. The third-order valence-corrected chi connectivity index (χ3v) is 2.92. The number of fused-ring (bicyclic) bond motifs is 1. The van der Waals surface area contributed by atoms with E-state index in [0.29, 0.717) is 16.9 Å². The number of hydrogen-bond donors (Lipinski definition) is 0. The van der Waals surface area contributed by atoms with E-state index in [1.54, 1.807) is 22.6 Å². The maximum absolute atomic E-state index is 13.2. The van der Waals surface area contributed by atoms with E-state index in [-0.39, 0.29) is 11.6 Å². The van der Waals surface area contributed by atoms with Gasteiger partial charge in [-0.05, 0) is 31.2 Å². The molecule has 0 radical (unpaired) electrons. The van der Waals surface area contributed by atoms with Gasteiger partial charge in [-0.15, -0.1) is 0 Å². The zero-order chi connectivity index (χ0) is 12.7. The molecule has 4 heteroatoms. The second-order valence-corrected chi connectivity index (χ2v) is 4.13. The van der Waals surface area contributed by atoms with Crippen LogP contribution in [0.2, 0.25) is 0 Å². The molecule has 0 amide bonds. The van der Waals surface area contributed by atoms with Crippen LogP contribution in [0.5, 0.6) is 0 Å². The predicted octanol–water partition coefficient (Wildman–Crippen LogP) is 3.59. The van der Waals surface area contributed by atoms with Crippen LogP contribution in [0.15, 0.2) is 42.6 Å². The van der Waals surface area contributed by atoms with Crippen molar-refractivity contribution in [3.63, 3.8) is 0 Å². The van der Waals surface area contributed by atoms with Crippen molar-refractivity contribution in [3.05, 3.63) is 59.9 Å². The SMILES string of the molecule is Cc1c(-c2cccc(F)c2)nc2ccc(F)cn12. The Kier molecular flexibility index (Phi) is 2.37. The Labute approximate surface area is 103 Å². The Balaban J connectivity index is 2.27. The number of hydrogen-bond acceptors (Lipinski definition) is 1. The lowest BCUT2D eigenvalue weighted by atomic mass is 10.1. The third kappa shape index (κ3) is 1.66. The molecule has 18 heavy (non-hydrogen) atoms. The lowest BCUT2D eigenvalue weighted by Crippen LogP contribution is -1.89. The zero-order valence-corrected chi connectivity index (χ0v) is 9.69. The highest BCUT2D eigenvalue weighted by molar-refractivity contribution is 5.66. The number of halogens is 2. The summed E-state index contributed by atoms with van der Waals surface area (Å²) in [5.74, 6) is -0.635. The Bertz CT molecular complexity index is 732. The van der Waals surface area contributed by atoms with Crippen molar-refractivity contribution in [1.29, 1.82) is 0 Å². The molecular weight excluding hydrogens is 234 g/mol. The van der Waals surface area contributed by atoms with Crippen molar-refractivity contribution in [2.24, 2.45) is 0 Å². The van der Waals surface area contributed by atoms with Crippen LogP contribution < -0.4 is 0 Å². The van der Waals surface area contributed by atoms with Gasteiger partial charge >= 0.3 is 0 Å². The smallest absolute Gasteiger partial charge is 0.139 e. The number of imidazole rings is 1. The van der Waals surface area contributed by atoms with Crippen LogP contribution in [-0.4, -0.2) is 9.38 Å². The highest BCUT2D eigenvalue weighted by atomic mass is 19.1. The van der Waals surface area contributed by atoms with E-state index >= 15 is 0 Å². The molecule has 2 nitrogen and oxygen atoms in total. The molecule has 2 heterocycles. The van der Waals surface area contributed by atoms with Crippen molar-refractivity contribution in [2.75, 3.05) is 0 Å². The number of aryl methyl sites for hydroxylation is 1. The van der Waals surface area contributed by atoms with Crippen LogP contribution in [0.25, 0.3) is 16.9 Å². The first-order chi connectivity index (χ1) is 8.65. The summed E-state index contributed by atoms with van der Waals surface area (Å²) in [6, 6.07) is 9.19. The quantitative estimate of drug-likeness (QED) is 0.639. The van der Waals surface area contributed by atoms with Gasteiger partial charge in [-0.25, -0.2) is 13.8 Å². The third-order valence-electron chi connectivity index (χ3n) is 2.92. The fraction of sp³-hybridized carbons (Fsp3) is 0.0714. The largest absolute Gasteiger partial charge is 0.301 e. The summed E-state index contributed by atoms with van der Waals surface area (Å²) in [7, 11) is 0. The van der Waals surface area contributed by atoms with Crippen LogP contribution in [0.3, 0.4) is 0 Å². The minimum absolute atomic E-state index is 0.310. The average Bonchev–Trinajstić information content (AvgIpc) is 2.67. The predicted molar refractivity (Wildman–Crippen MR) is 65.3 cm³/mol. The molecule has 0 aliphatic carbocycles.